The lowest BCUT2D eigenvalue weighted by Crippen LogP contribution is -2.20. The zero-order valence-electron chi connectivity index (χ0n) is 32.6. The molecule has 0 amide bonds. The minimum absolute atomic E-state index is 0.542. The molecule has 0 atom stereocenters. The first kappa shape index (κ1) is 35.4. The Kier molecular flexibility index (Phi) is 9.46. The Labute approximate surface area is 324 Å². The van der Waals surface area contributed by atoms with E-state index in [9.17, 15) is 0 Å². The first-order valence-electron chi connectivity index (χ1n) is 18.9. The number of rotatable bonds is 8. The molecule has 270 valence electrons. The van der Waals surface area contributed by atoms with E-state index in [4.69, 9.17) is 15.0 Å². The minimum atomic E-state index is 0.542. The second-order valence-electron chi connectivity index (χ2n) is 14.6. The van der Waals surface area contributed by atoms with Crippen molar-refractivity contribution in [2.75, 3.05) is 9.80 Å². The third-order valence-corrected chi connectivity index (χ3v) is 10.4. The van der Waals surface area contributed by atoms with Crippen LogP contribution in [0, 0.1) is 48.5 Å². The maximum Gasteiger partial charge on any atom is 0.238 e. The molecule has 0 aliphatic carbocycles. The number of anilines is 6. The summed E-state index contributed by atoms with van der Waals surface area (Å²) in [6.45, 7) is 15.5. The van der Waals surface area contributed by atoms with Gasteiger partial charge in [-0.3, -0.25) is 4.90 Å². The highest BCUT2D eigenvalue weighted by Gasteiger charge is 2.27. The Morgan fingerprint density at radius 3 is 1.35 bits per heavy atom. The topological polar surface area (TPSA) is 45.2 Å². The molecule has 0 fully saturated rings. The number of hydrogen-bond donors (Lipinski definition) is 0. The molecule has 5 heteroatoms. The largest absolute Gasteiger partial charge is 0.309 e. The van der Waals surface area contributed by atoms with Gasteiger partial charge in [0.05, 0.1) is 22.7 Å². The summed E-state index contributed by atoms with van der Waals surface area (Å²) in [4.78, 5) is 20.2. The second-order valence-corrected chi connectivity index (χ2v) is 14.6. The van der Waals surface area contributed by atoms with Gasteiger partial charge >= 0.3 is 0 Å². The smallest absolute Gasteiger partial charge is 0.238 e. The van der Waals surface area contributed by atoms with Gasteiger partial charge in [0.2, 0.25) is 5.95 Å². The van der Waals surface area contributed by atoms with E-state index in [1.165, 1.54) is 50.1 Å². The van der Waals surface area contributed by atoms with Crippen LogP contribution in [-0.2, 0) is 0 Å². The fourth-order valence-corrected chi connectivity index (χ4v) is 8.07. The summed E-state index contributed by atoms with van der Waals surface area (Å²) in [5.41, 5.74) is 15.8. The molecule has 0 saturated carbocycles. The van der Waals surface area contributed by atoms with E-state index in [-0.39, 0.29) is 0 Å². The summed E-state index contributed by atoms with van der Waals surface area (Å²) in [5, 5.41) is 2.31. The van der Waals surface area contributed by atoms with Crippen molar-refractivity contribution in [1.82, 2.24) is 15.0 Å². The van der Waals surface area contributed by atoms with E-state index in [2.05, 4.69) is 167 Å². The van der Waals surface area contributed by atoms with Crippen molar-refractivity contribution < 1.29 is 0 Å². The van der Waals surface area contributed by atoms with Crippen molar-refractivity contribution in [3.63, 3.8) is 0 Å². The van der Waals surface area contributed by atoms with Crippen molar-refractivity contribution in [2.24, 2.45) is 0 Å². The van der Waals surface area contributed by atoms with Crippen LogP contribution in [0.5, 0.6) is 0 Å². The van der Waals surface area contributed by atoms with E-state index in [1.807, 2.05) is 36.4 Å². The fourth-order valence-electron chi connectivity index (χ4n) is 8.07. The number of hydrogen-bond acceptors (Lipinski definition) is 5. The van der Waals surface area contributed by atoms with E-state index < -0.39 is 0 Å². The van der Waals surface area contributed by atoms with Gasteiger partial charge < -0.3 is 4.90 Å². The summed E-state index contributed by atoms with van der Waals surface area (Å²) < 4.78 is 0. The molecule has 1 aromatic heterocycles. The molecule has 0 aliphatic rings. The number of nitrogens with zero attached hydrogens (tertiary/aromatic N) is 5. The first-order valence-corrected chi connectivity index (χ1v) is 18.9. The highest BCUT2D eigenvalue weighted by molar-refractivity contribution is 5.92. The number of aromatic nitrogens is 3. The van der Waals surface area contributed by atoms with E-state index in [0.29, 0.717) is 17.6 Å². The number of fused-ring (bicyclic) bond motifs is 1. The van der Waals surface area contributed by atoms with E-state index >= 15 is 0 Å². The van der Waals surface area contributed by atoms with Crippen LogP contribution in [0.2, 0.25) is 0 Å². The zero-order chi connectivity index (χ0) is 38.2. The van der Waals surface area contributed by atoms with Gasteiger partial charge in [-0.1, -0.05) is 132 Å². The molecule has 0 spiro atoms. The number of aryl methyl sites for hydroxylation is 6. The maximum atomic E-state index is 5.26. The quantitative estimate of drug-likeness (QED) is 0.157. The third-order valence-electron chi connectivity index (χ3n) is 10.4. The predicted octanol–water partition coefficient (Wildman–Crippen LogP) is 13.5. The summed E-state index contributed by atoms with van der Waals surface area (Å²) in [7, 11) is 0. The molecule has 8 rings (SSSR count). The Balaban J connectivity index is 1.42. The molecule has 0 unspecified atom stereocenters. The molecule has 0 bridgehead atoms. The normalized spacial score (nSPS) is 11.2. The van der Waals surface area contributed by atoms with Crippen LogP contribution in [0.3, 0.4) is 0 Å². The van der Waals surface area contributed by atoms with Gasteiger partial charge in [0.1, 0.15) is 0 Å². The van der Waals surface area contributed by atoms with Crippen LogP contribution >= 0.6 is 0 Å². The van der Waals surface area contributed by atoms with Crippen molar-refractivity contribution in [3.8, 4) is 22.8 Å². The molecular formula is C50H45N5. The lowest BCUT2D eigenvalue weighted by molar-refractivity contribution is 1.02. The van der Waals surface area contributed by atoms with Gasteiger partial charge in [-0.25, -0.2) is 4.98 Å². The maximum absolute atomic E-state index is 5.26. The zero-order valence-corrected chi connectivity index (χ0v) is 32.6. The minimum Gasteiger partial charge on any atom is -0.309 e. The van der Waals surface area contributed by atoms with Gasteiger partial charge in [-0.05, 0) is 111 Å². The molecule has 0 saturated heterocycles. The third kappa shape index (κ3) is 6.86. The van der Waals surface area contributed by atoms with E-state index in [0.717, 1.165) is 39.1 Å². The summed E-state index contributed by atoms with van der Waals surface area (Å²) in [6.07, 6.45) is 0. The van der Waals surface area contributed by atoms with Gasteiger partial charge in [-0.2, -0.15) is 9.97 Å². The molecule has 0 aliphatic heterocycles. The molecule has 5 nitrogen and oxygen atoms in total. The summed E-state index contributed by atoms with van der Waals surface area (Å²) in [6, 6.07) is 51.1. The standard InChI is InChI=1S/C50H45N5/c1-32-27-34(3)46(35(4)28-32)55(47-36(5)29-33(2)30-37(47)6)45-24-16-23-44(38(45)7)54(43-26-25-39-17-14-15-22-42(39)31-43)50-52-48(40-18-10-8-11-19-40)51-49(53-50)41-20-12-9-13-21-41/h8-31H,1-7H3. The molecule has 0 radical (unpaired) electrons. The average molecular weight is 716 g/mol. The van der Waals surface area contributed by atoms with Gasteiger partial charge in [0, 0.05) is 16.8 Å². The Bertz CT molecular complexity index is 2520. The monoisotopic (exact) mass is 715 g/mol. The predicted molar refractivity (Wildman–Crippen MR) is 231 cm³/mol. The fraction of sp³-hybridized carbons (Fsp3) is 0.140. The van der Waals surface area contributed by atoms with Gasteiger partial charge in [0.25, 0.3) is 0 Å². The molecule has 8 aromatic rings. The Morgan fingerprint density at radius 2 is 0.836 bits per heavy atom. The SMILES string of the molecule is Cc1cc(C)c(N(c2cccc(N(c3ccc4ccccc4c3)c3nc(-c4ccccc4)nc(-c4ccccc4)n3)c2C)c2c(C)cc(C)cc2C)c(C)c1. The molecule has 1 heterocycles. The van der Waals surface area contributed by atoms with Crippen LogP contribution < -0.4 is 9.80 Å². The van der Waals surface area contributed by atoms with Crippen molar-refractivity contribution in [1.29, 1.82) is 0 Å². The van der Waals surface area contributed by atoms with Crippen LogP contribution in [0.4, 0.5) is 34.4 Å². The highest BCUT2D eigenvalue weighted by Crippen LogP contribution is 2.47. The van der Waals surface area contributed by atoms with Crippen LogP contribution in [0.25, 0.3) is 33.5 Å². The van der Waals surface area contributed by atoms with Gasteiger partial charge in [-0.15, -0.1) is 0 Å². The Morgan fingerprint density at radius 1 is 0.382 bits per heavy atom. The first-order chi connectivity index (χ1) is 26.7. The lowest BCUT2D eigenvalue weighted by Gasteiger charge is -2.34. The summed E-state index contributed by atoms with van der Waals surface area (Å²) >= 11 is 0. The van der Waals surface area contributed by atoms with Crippen molar-refractivity contribution in [2.45, 2.75) is 48.5 Å². The van der Waals surface area contributed by atoms with Crippen molar-refractivity contribution >= 4 is 45.2 Å². The Hall–Kier alpha value is -6.59. The molecular weight excluding hydrogens is 671 g/mol. The second kappa shape index (κ2) is 14.7. The lowest BCUT2D eigenvalue weighted by atomic mass is 9.97. The molecule has 55 heavy (non-hydrogen) atoms. The van der Waals surface area contributed by atoms with Crippen molar-refractivity contribution in [3.05, 3.63) is 185 Å². The van der Waals surface area contributed by atoms with Crippen LogP contribution in [-0.4, -0.2) is 15.0 Å². The summed E-state index contributed by atoms with van der Waals surface area (Å²) in [5.74, 6) is 1.77. The van der Waals surface area contributed by atoms with E-state index in [1.54, 1.807) is 0 Å². The average Bonchev–Trinajstić information content (AvgIpc) is 3.18. The highest BCUT2D eigenvalue weighted by atomic mass is 15.3. The van der Waals surface area contributed by atoms with Gasteiger partial charge in [0.15, 0.2) is 11.6 Å². The van der Waals surface area contributed by atoms with Crippen LogP contribution in [0.1, 0.15) is 38.9 Å². The molecule has 0 N–H and O–H groups in total. The molecule has 7 aromatic carbocycles. The number of benzene rings is 7. The van der Waals surface area contributed by atoms with Crippen LogP contribution in [0.15, 0.2) is 146 Å².